The third-order valence-electron chi connectivity index (χ3n) is 3.90. The minimum absolute atomic E-state index is 0.362. The maximum Gasteiger partial charge on any atom is 0.0444 e. The number of anilines is 1. The molecule has 0 saturated carbocycles. The minimum atomic E-state index is 0.362. The van der Waals surface area contributed by atoms with Crippen LogP contribution in [0.25, 0.3) is 0 Å². The highest BCUT2D eigenvalue weighted by Crippen LogP contribution is 2.36. The molecular weight excluding hydrogens is 264 g/mol. The molecule has 86 valence electrons. The predicted octanol–water partition coefficient (Wildman–Crippen LogP) is 2.69. The van der Waals surface area contributed by atoms with E-state index in [4.69, 9.17) is 5.73 Å². The Bertz CT molecular complexity index is 405. The Labute approximate surface area is 105 Å². The molecule has 2 unspecified atom stereocenters. The Balaban J connectivity index is 2.01. The predicted molar refractivity (Wildman–Crippen MR) is 70.8 cm³/mol. The highest BCUT2D eigenvalue weighted by Gasteiger charge is 2.33. The Morgan fingerprint density at radius 2 is 2.19 bits per heavy atom. The Hall–Kier alpha value is -0.540. The number of hydrogen-bond donors (Lipinski definition) is 1. The standard InChI is InChI=1S/C13H17BrN2/c14-10-5-3-9-4-6-12-11(15)2-1-7-16(12)13(9)8-10/h3,5,8,11-12H,1-2,4,6-7,15H2. The summed E-state index contributed by atoms with van der Waals surface area (Å²) in [6.45, 7) is 1.17. The van der Waals surface area contributed by atoms with Gasteiger partial charge in [-0.15, -0.1) is 0 Å². The van der Waals surface area contributed by atoms with Crippen LogP contribution in [0.2, 0.25) is 0 Å². The van der Waals surface area contributed by atoms with Gasteiger partial charge in [0.05, 0.1) is 0 Å². The molecule has 2 heterocycles. The lowest BCUT2D eigenvalue weighted by Crippen LogP contribution is -2.54. The van der Waals surface area contributed by atoms with Crippen molar-refractivity contribution in [2.24, 2.45) is 5.73 Å². The lowest BCUT2D eigenvalue weighted by molar-refractivity contribution is 0.372. The Morgan fingerprint density at radius 1 is 1.31 bits per heavy atom. The second-order valence-electron chi connectivity index (χ2n) is 4.88. The first-order valence-corrected chi connectivity index (χ1v) is 6.85. The fourth-order valence-electron chi connectivity index (χ4n) is 3.07. The topological polar surface area (TPSA) is 29.3 Å². The molecule has 1 aromatic rings. The van der Waals surface area contributed by atoms with Crippen LogP contribution in [-0.2, 0) is 6.42 Å². The van der Waals surface area contributed by atoms with Gasteiger partial charge in [-0.3, -0.25) is 0 Å². The van der Waals surface area contributed by atoms with Crippen molar-refractivity contribution in [3.63, 3.8) is 0 Å². The van der Waals surface area contributed by atoms with Gasteiger partial charge in [-0.2, -0.15) is 0 Å². The summed E-state index contributed by atoms with van der Waals surface area (Å²) in [5, 5.41) is 0. The summed E-state index contributed by atoms with van der Waals surface area (Å²) in [6.07, 6.45) is 4.81. The number of hydrogen-bond acceptors (Lipinski definition) is 2. The van der Waals surface area contributed by atoms with Gasteiger partial charge in [0, 0.05) is 28.8 Å². The van der Waals surface area contributed by atoms with Crippen molar-refractivity contribution in [1.29, 1.82) is 0 Å². The molecular formula is C13H17BrN2. The van der Waals surface area contributed by atoms with Gasteiger partial charge in [-0.1, -0.05) is 22.0 Å². The highest BCUT2D eigenvalue weighted by molar-refractivity contribution is 9.10. The molecule has 2 atom stereocenters. The van der Waals surface area contributed by atoms with E-state index in [0.717, 1.165) is 0 Å². The van der Waals surface area contributed by atoms with Gasteiger partial charge in [-0.25, -0.2) is 0 Å². The molecule has 0 spiro atoms. The molecule has 3 heteroatoms. The Kier molecular flexibility index (Phi) is 2.68. The van der Waals surface area contributed by atoms with E-state index >= 15 is 0 Å². The molecule has 3 rings (SSSR count). The molecule has 0 aromatic heterocycles. The van der Waals surface area contributed by atoms with Crippen molar-refractivity contribution in [1.82, 2.24) is 0 Å². The van der Waals surface area contributed by atoms with Gasteiger partial charge in [0.25, 0.3) is 0 Å². The molecule has 0 radical (unpaired) electrons. The number of fused-ring (bicyclic) bond motifs is 3. The van der Waals surface area contributed by atoms with E-state index in [2.05, 4.69) is 39.0 Å². The zero-order chi connectivity index (χ0) is 11.1. The van der Waals surface area contributed by atoms with Crippen LogP contribution in [0.4, 0.5) is 5.69 Å². The molecule has 0 bridgehead atoms. The lowest BCUT2D eigenvalue weighted by Gasteiger charge is -2.45. The second kappa shape index (κ2) is 4.04. The summed E-state index contributed by atoms with van der Waals surface area (Å²) in [7, 11) is 0. The van der Waals surface area contributed by atoms with Gasteiger partial charge >= 0.3 is 0 Å². The van der Waals surface area contributed by atoms with E-state index in [0.29, 0.717) is 12.1 Å². The van der Waals surface area contributed by atoms with Gasteiger partial charge < -0.3 is 10.6 Å². The number of halogens is 1. The maximum absolute atomic E-state index is 6.23. The van der Waals surface area contributed by atoms with E-state index in [1.165, 1.54) is 48.0 Å². The van der Waals surface area contributed by atoms with Crippen LogP contribution in [-0.4, -0.2) is 18.6 Å². The highest BCUT2D eigenvalue weighted by atomic mass is 79.9. The summed E-state index contributed by atoms with van der Waals surface area (Å²) in [6, 6.07) is 7.56. The monoisotopic (exact) mass is 280 g/mol. The normalized spacial score (nSPS) is 28.5. The van der Waals surface area contributed by atoms with Crippen molar-refractivity contribution in [2.75, 3.05) is 11.4 Å². The molecule has 0 aliphatic carbocycles. The lowest BCUT2D eigenvalue weighted by atomic mass is 9.87. The van der Waals surface area contributed by atoms with Crippen LogP contribution in [0, 0.1) is 0 Å². The van der Waals surface area contributed by atoms with Crippen LogP contribution in [0.1, 0.15) is 24.8 Å². The summed E-state index contributed by atoms with van der Waals surface area (Å²) < 4.78 is 1.17. The van der Waals surface area contributed by atoms with Gasteiger partial charge in [0.15, 0.2) is 0 Å². The first-order valence-electron chi connectivity index (χ1n) is 6.06. The molecule has 2 aliphatic heterocycles. The minimum Gasteiger partial charge on any atom is -0.367 e. The number of rotatable bonds is 0. The van der Waals surface area contributed by atoms with Crippen LogP contribution in [0.15, 0.2) is 22.7 Å². The van der Waals surface area contributed by atoms with Crippen LogP contribution >= 0.6 is 15.9 Å². The zero-order valence-electron chi connectivity index (χ0n) is 9.32. The van der Waals surface area contributed by atoms with Crippen molar-refractivity contribution in [2.45, 2.75) is 37.8 Å². The molecule has 2 N–H and O–H groups in total. The molecule has 1 saturated heterocycles. The maximum atomic E-state index is 6.23. The zero-order valence-corrected chi connectivity index (χ0v) is 10.9. The van der Waals surface area contributed by atoms with E-state index < -0.39 is 0 Å². The molecule has 1 aromatic carbocycles. The largest absolute Gasteiger partial charge is 0.367 e. The SMILES string of the molecule is NC1CCCN2c3cc(Br)ccc3CCC12. The second-order valence-corrected chi connectivity index (χ2v) is 5.79. The van der Waals surface area contributed by atoms with Gasteiger partial charge in [-0.05, 0) is 43.4 Å². The number of nitrogens with zero attached hydrogens (tertiary/aromatic N) is 1. The fourth-order valence-corrected chi connectivity index (χ4v) is 3.42. The molecule has 2 nitrogen and oxygen atoms in total. The third-order valence-corrected chi connectivity index (χ3v) is 4.39. The summed E-state index contributed by atoms with van der Waals surface area (Å²) in [4.78, 5) is 2.53. The Morgan fingerprint density at radius 3 is 3.06 bits per heavy atom. The summed E-state index contributed by atoms with van der Waals surface area (Å²) >= 11 is 3.56. The average Bonchev–Trinajstić information content (AvgIpc) is 2.29. The van der Waals surface area contributed by atoms with Crippen molar-refractivity contribution in [3.8, 4) is 0 Å². The molecule has 2 aliphatic rings. The number of aryl methyl sites for hydroxylation is 1. The van der Waals surface area contributed by atoms with Crippen molar-refractivity contribution in [3.05, 3.63) is 28.2 Å². The first kappa shape index (κ1) is 10.6. The summed E-state index contributed by atoms with van der Waals surface area (Å²) in [5.41, 5.74) is 9.11. The first-order chi connectivity index (χ1) is 7.75. The molecule has 1 fully saturated rings. The van der Waals surface area contributed by atoms with E-state index in [9.17, 15) is 0 Å². The van der Waals surface area contributed by atoms with Crippen LogP contribution in [0.3, 0.4) is 0 Å². The quantitative estimate of drug-likeness (QED) is 0.792. The average molecular weight is 281 g/mol. The number of nitrogens with two attached hydrogens (primary N) is 1. The van der Waals surface area contributed by atoms with E-state index in [-0.39, 0.29) is 0 Å². The third kappa shape index (κ3) is 1.66. The van der Waals surface area contributed by atoms with Crippen molar-refractivity contribution < 1.29 is 0 Å². The van der Waals surface area contributed by atoms with Crippen molar-refractivity contribution >= 4 is 21.6 Å². The molecule has 16 heavy (non-hydrogen) atoms. The molecule has 0 amide bonds. The van der Waals surface area contributed by atoms with E-state index in [1.807, 2.05) is 0 Å². The summed E-state index contributed by atoms with van der Waals surface area (Å²) in [5.74, 6) is 0. The number of benzene rings is 1. The number of piperidine rings is 1. The van der Waals surface area contributed by atoms with E-state index in [1.54, 1.807) is 0 Å². The smallest absolute Gasteiger partial charge is 0.0444 e. The fraction of sp³-hybridized carbons (Fsp3) is 0.538. The van der Waals surface area contributed by atoms with Gasteiger partial charge in [0.1, 0.15) is 0 Å². The van der Waals surface area contributed by atoms with Gasteiger partial charge in [0.2, 0.25) is 0 Å². The van der Waals surface area contributed by atoms with Crippen LogP contribution in [0.5, 0.6) is 0 Å². The van der Waals surface area contributed by atoms with Crippen LogP contribution < -0.4 is 10.6 Å².